The lowest BCUT2D eigenvalue weighted by Gasteiger charge is -2.26. The van der Waals surface area contributed by atoms with Gasteiger partial charge in [0.25, 0.3) is 0 Å². The van der Waals surface area contributed by atoms with E-state index in [4.69, 9.17) is 10.5 Å². The Labute approximate surface area is 94.8 Å². The van der Waals surface area contributed by atoms with Gasteiger partial charge in [-0.1, -0.05) is 0 Å². The van der Waals surface area contributed by atoms with E-state index in [1.165, 1.54) is 0 Å². The summed E-state index contributed by atoms with van der Waals surface area (Å²) in [7, 11) is 0. The zero-order valence-corrected chi connectivity index (χ0v) is 9.26. The van der Waals surface area contributed by atoms with Crippen LogP contribution < -0.4 is 5.73 Å². The summed E-state index contributed by atoms with van der Waals surface area (Å²) in [5.41, 5.74) is 6.56. The van der Waals surface area contributed by atoms with Crippen molar-refractivity contribution in [2.24, 2.45) is 5.73 Å². The first-order valence-electron chi connectivity index (χ1n) is 5.50. The molecule has 2 rings (SSSR count). The van der Waals surface area contributed by atoms with Gasteiger partial charge in [-0.15, -0.1) is 0 Å². The molecule has 2 heterocycles. The van der Waals surface area contributed by atoms with Crippen molar-refractivity contribution < 1.29 is 9.53 Å². The van der Waals surface area contributed by atoms with Crippen molar-refractivity contribution in [2.45, 2.75) is 13.1 Å². The Bertz CT molecular complexity index is 356. The molecule has 0 aliphatic carbocycles. The molecule has 0 aromatic carbocycles. The zero-order chi connectivity index (χ0) is 11.4. The van der Waals surface area contributed by atoms with E-state index in [0.29, 0.717) is 39.4 Å². The predicted molar refractivity (Wildman–Crippen MR) is 59.7 cm³/mol. The Morgan fingerprint density at radius 2 is 2.19 bits per heavy atom. The van der Waals surface area contributed by atoms with Crippen LogP contribution >= 0.6 is 0 Å². The van der Waals surface area contributed by atoms with Crippen LogP contribution in [0.5, 0.6) is 0 Å². The molecule has 1 aromatic rings. The smallest absolute Gasteiger partial charge is 0.242 e. The molecule has 1 saturated heterocycles. The van der Waals surface area contributed by atoms with E-state index in [1.807, 2.05) is 27.9 Å². The van der Waals surface area contributed by atoms with E-state index < -0.39 is 0 Å². The molecule has 88 valence electrons. The summed E-state index contributed by atoms with van der Waals surface area (Å²) in [6, 6.07) is 1.94. The van der Waals surface area contributed by atoms with Gasteiger partial charge in [-0.25, -0.2) is 0 Å². The summed E-state index contributed by atoms with van der Waals surface area (Å²) in [6.45, 7) is 3.59. The van der Waals surface area contributed by atoms with Crippen molar-refractivity contribution in [2.75, 3.05) is 26.3 Å². The van der Waals surface area contributed by atoms with Crippen LogP contribution in [0.3, 0.4) is 0 Å². The first-order valence-corrected chi connectivity index (χ1v) is 5.50. The van der Waals surface area contributed by atoms with E-state index >= 15 is 0 Å². The number of morpholine rings is 1. The highest BCUT2D eigenvalue weighted by atomic mass is 16.5. The Balaban J connectivity index is 1.90. The van der Waals surface area contributed by atoms with Crippen LogP contribution in [0, 0.1) is 0 Å². The molecule has 1 aromatic heterocycles. The van der Waals surface area contributed by atoms with Crippen molar-refractivity contribution >= 4 is 5.91 Å². The second kappa shape index (κ2) is 5.14. The monoisotopic (exact) mass is 223 g/mol. The number of aromatic nitrogens is 1. The van der Waals surface area contributed by atoms with Gasteiger partial charge in [0.05, 0.1) is 13.2 Å². The maximum atomic E-state index is 11.9. The van der Waals surface area contributed by atoms with Gasteiger partial charge in [0.15, 0.2) is 0 Å². The first-order chi connectivity index (χ1) is 7.79. The molecule has 2 N–H and O–H groups in total. The molecule has 1 amide bonds. The normalized spacial score (nSPS) is 16.4. The average Bonchev–Trinajstić information content (AvgIpc) is 2.78. The molecule has 0 atom stereocenters. The fraction of sp³-hybridized carbons (Fsp3) is 0.545. The topological polar surface area (TPSA) is 60.5 Å². The third-order valence-electron chi connectivity index (χ3n) is 2.73. The minimum atomic E-state index is 0.141. The first kappa shape index (κ1) is 11.2. The van der Waals surface area contributed by atoms with Crippen molar-refractivity contribution in [1.82, 2.24) is 9.47 Å². The molecule has 5 nitrogen and oxygen atoms in total. The van der Waals surface area contributed by atoms with E-state index in [9.17, 15) is 4.79 Å². The Hall–Kier alpha value is -1.33. The van der Waals surface area contributed by atoms with Gasteiger partial charge < -0.3 is 19.9 Å². The second-order valence-electron chi connectivity index (χ2n) is 3.89. The molecular weight excluding hydrogens is 206 g/mol. The lowest BCUT2D eigenvalue weighted by atomic mass is 10.3. The molecule has 0 saturated carbocycles. The number of carbonyl (C=O) groups excluding carboxylic acids is 1. The number of hydrogen-bond acceptors (Lipinski definition) is 3. The third kappa shape index (κ3) is 2.62. The number of carbonyl (C=O) groups is 1. The van der Waals surface area contributed by atoms with Crippen LogP contribution in [-0.4, -0.2) is 41.7 Å². The Kier molecular flexibility index (Phi) is 3.58. The largest absolute Gasteiger partial charge is 0.378 e. The molecule has 0 radical (unpaired) electrons. The van der Waals surface area contributed by atoms with Gasteiger partial charge in [-0.2, -0.15) is 0 Å². The molecule has 1 aliphatic heterocycles. The highest BCUT2D eigenvalue weighted by molar-refractivity contribution is 5.76. The quantitative estimate of drug-likeness (QED) is 0.772. The van der Waals surface area contributed by atoms with Crippen molar-refractivity contribution in [3.63, 3.8) is 0 Å². The molecule has 16 heavy (non-hydrogen) atoms. The molecule has 0 bridgehead atoms. The average molecular weight is 223 g/mol. The van der Waals surface area contributed by atoms with Crippen LogP contribution in [0.15, 0.2) is 18.5 Å². The van der Waals surface area contributed by atoms with Gasteiger partial charge >= 0.3 is 0 Å². The van der Waals surface area contributed by atoms with Crippen LogP contribution in [-0.2, 0) is 22.6 Å². The predicted octanol–water partition coefficient (Wildman–Crippen LogP) is -0.194. The number of rotatable bonds is 3. The van der Waals surface area contributed by atoms with E-state index in [-0.39, 0.29) is 5.91 Å². The van der Waals surface area contributed by atoms with Crippen molar-refractivity contribution in [1.29, 1.82) is 0 Å². The molecular formula is C11H17N3O2. The minimum absolute atomic E-state index is 0.141. The summed E-state index contributed by atoms with van der Waals surface area (Å²) >= 11 is 0. The molecule has 0 spiro atoms. The van der Waals surface area contributed by atoms with Crippen LogP contribution in [0.2, 0.25) is 0 Å². The second-order valence-corrected chi connectivity index (χ2v) is 3.89. The summed E-state index contributed by atoms with van der Waals surface area (Å²) in [4.78, 5) is 13.7. The summed E-state index contributed by atoms with van der Waals surface area (Å²) in [5, 5.41) is 0. The van der Waals surface area contributed by atoms with Gasteiger partial charge in [0, 0.05) is 32.0 Å². The Morgan fingerprint density at radius 1 is 1.44 bits per heavy atom. The highest BCUT2D eigenvalue weighted by Crippen LogP contribution is 2.03. The summed E-state index contributed by atoms with van der Waals surface area (Å²) in [5.74, 6) is 0.141. The highest BCUT2D eigenvalue weighted by Gasteiger charge is 2.16. The van der Waals surface area contributed by atoms with Crippen LogP contribution in [0.25, 0.3) is 0 Å². The van der Waals surface area contributed by atoms with Crippen LogP contribution in [0.1, 0.15) is 5.56 Å². The summed E-state index contributed by atoms with van der Waals surface area (Å²) in [6.07, 6.45) is 3.80. The molecule has 1 fully saturated rings. The maximum absolute atomic E-state index is 11.9. The fourth-order valence-corrected chi connectivity index (χ4v) is 1.78. The lowest BCUT2D eigenvalue weighted by Crippen LogP contribution is -2.42. The number of amides is 1. The lowest BCUT2D eigenvalue weighted by molar-refractivity contribution is -0.135. The minimum Gasteiger partial charge on any atom is -0.378 e. The van der Waals surface area contributed by atoms with Gasteiger partial charge in [-0.3, -0.25) is 4.79 Å². The Morgan fingerprint density at radius 3 is 2.81 bits per heavy atom. The van der Waals surface area contributed by atoms with Gasteiger partial charge in [0.1, 0.15) is 6.54 Å². The SMILES string of the molecule is NCc1ccn(CC(=O)N2CCOCC2)c1. The van der Waals surface area contributed by atoms with E-state index in [2.05, 4.69) is 0 Å². The number of ether oxygens (including phenoxy) is 1. The third-order valence-corrected chi connectivity index (χ3v) is 2.73. The van der Waals surface area contributed by atoms with Gasteiger partial charge in [0.2, 0.25) is 5.91 Å². The van der Waals surface area contributed by atoms with Crippen LogP contribution in [0.4, 0.5) is 0 Å². The number of nitrogens with zero attached hydrogens (tertiary/aromatic N) is 2. The van der Waals surface area contributed by atoms with Crippen molar-refractivity contribution in [3.05, 3.63) is 24.0 Å². The number of hydrogen-bond donors (Lipinski definition) is 1. The standard InChI is InChI=1S/C11H17N3O2/c12-7-10-1-2-13(8-10)9-11(15)14-3-5-16-6-4-14/h1-2,8H,3-7,9,12H2. The number of nitrogens with two attached hydrogens (primary N) is 1. The zero-order valence-electron chi connectivity index (χ0n) is 9.26. The molecule has 0 unspecified atom stereocenters. The summed E-state index contributed by atoms with van der Waals surface area (Å²) < 4.78 is 7.08. The molecule has 5 heteroatoms. The van der Waals surface area contributed by atoms with E-state index in [0.717, 1.165) is 5.56 Å². The van der Waals surface area contributed by atoms with Crippen molar-refractivity contribution in [3.8, 4) is 0 Å². The molecule has 1 aliphatic rings. The van der Waals surface area contributed by atoms with Gasteiger partial charge in [-0.05, 0) is 11.6 Å². The fourth-order valence-electron chi connectivity index (χ4n) is 1.78. The van der Waals surface area contributed by atoms with E-state index in [1.54, 1.807) is 0 Å². The maximum Gasteiger partial charge on any atom is 0.242 e.